The summed E-state index contributed by atoms with van der Waals surface area (Å²) < 4.78 is 10.3. The molecule has 0 aliphatic carbocycles. The van der Waals surface area contributed by atoms with Gasteiger partial charge in [0.1, 0.15) is 11.5 Å². The molecule has 1 heterocycles. The van der Waals surface area contributed by atoms with Crippen LogP contribution < -0.4 is 14.4 Å². The van der Waals surface area contributed by atoms with Crippen LogP contribution in [0, 0.1) is 0 Å². The Morgan fingerprint density at radius 2 is 2.00 bits per heavy atom. The number of carbonyl (C=O) groups is 1. The minimum absolute atomic E-state index is 0.118. The van der Waals surface area contributed by atoms with Crippen LogP contribution in [0.15, 0.2) is 12.1 Å². The van der Waals surface area contributed by atoms with Gasteiger partial charge in [-0.2, -0.15) is 0 Å². The van der Waals surface area contributed by atoms with E-state index in [9.17, 15) is 9.90 Å². The van der Waals surface area contributed by atoms with Crippen LogP contribution in [-0.2, 0) is 4.79 Å². The number of methoxy groups -OCH3 is 2. The molecule has 1 amide bonds. The number of ether oxygens (including phenoxy) is 2. The molecule has 0 spiro atoms. The lowest BCUT2D eigenvalue weighted by Crippen LogP contribution is -2.25. The van der Waals surface area contributed by atoms with E-state index in [-0.39, 0.29) is 18.9 Å². The van der Waals surface area contributed by atoms with Crippen LogP contribution in [0.5, 0.6) is 11.5 Å². The first-order valence-corrected chi connectivity index (χ1v) is 5.84. The largest absolute Gasteiger partial charge is 0.495 e. The predicted octanol–water partition coefficient (Wildman–Crippen LogP) is 1.45. The van der Waals surface area contributed by atoms with E-state index in [1.54, 1.807) is 12.1 Å². The van der Waals surface area contributed by atoms with Gasteiger partial charge in [0.05, 0.1) is 44.0 Å². The summed E-state index contributed by atoms with van der Waals surface area (Å²) in [5, 5.41) is 9.90. The fourth-order valence-electron chi connectivity index (χ4n) is 1.98. The van der Waals surface area contributed by atoms with E-state index in [1.165, 1.54) is 19.1 Å². The summed E-state index contributed by atoms with van der Waals surface area (Å²) >= 11 is 6.04. The molecule has 1 saturated heterocycles. The van der Waals surface area contributed by atoms with E-state index < -0.39 is 6.10 Å². The number of amides is 1. The molecule has 0 bridgehead atoms. The molecule has 18 heavy (non-hydrogen) atoms. The molecule has 1 aliphatic rings. The first kappa shape index (κ1) is 13.0. The normalized spacial score (nSPS) is 19.2. The number of aliphatic hydroxyl groups is 1. The quantitative estimate of drug-likeness (QED) is 0.904. The van der Waals surface area contributed by atoms with E-state index in [0.717, 1.165) is 0 Å². The first-order valence-electron chi connectivity index (χ1n) is 5.46. The molecule has 98 valence electrons. The van der Waals surface area contributed by atoms with Crippen molar-refractivity contribution in [2.75, 3.05) is 25.7 Å². The maximum atomic E-state index is 11.8. The Labute approximate surface area is 110 Å². The van der Waals surface area contributed by atoms with Crippen molar-refractivity contribution in [3.63, 3.8) is 0 Å². The van der Waals surface area contributed by atoms with Crippen LogP contribution in [-0.4, -0.2) is 37.9 Å². The molecule has 0 aromatic heterocycles. The van der Waals surface area contributed by atoms with Crippen LogP contribution in [0.1, 0.15) is 6.42 Å². The molecule has 1 unspecified atom stereocenters. The third-order valence-corrected chi connectivity index (χ3v) is 3.14. The number of nitrogens with zero attached hydrogens (tertiary/aromatic N) is 1. The van der Waals surface area contributed by atoms with Crippen molar-refractivity contribution >= 4 is 23.2 Å². The summed E-state index contributed by atoms with van der Waals surface area (Å²) in [4.78, 5) is 13.2. The van der Waals surface area contributed by atoms with E-state index >= 15 is 0 Å². The van der Waals surface area contributed by atoms with Gasteiger partial charge in [0, 0.05) is 6.07 Å². The van der Waals surface area contributed by atoms with E-state index in [1.807, 2.05) is 0 Å². The maximum absolute atomic E-state index is 11.8. The fraction of sp³-hybridized carbons (Fsp3) is 0.417. The third kappa shape index (κ3) is 2.23. The number of aliphatic hydroxyl groups excluding tert-OH is 1. The molecule has 1 aliphatic heterocycles. The van der Waals surface area contributed by atoms with Gasteiger partial charge in [-0.3, -0.25) is 4.79 Å². The maximum Gasteiger partial charge on any atom is 0.229 e. The second-order valence-corrected chi connectivity index (χ2v) is 4.43. The lowest BCUT2D eigenvalue weighted by molar-refractivity contribution is -0.117. The molecule has 6 heteroatoms. The first-order chi connectivity index (χ1) is 8.56. The summed E-state index contributed by atoms with van der Waals surface area (Å²) in [5.41, 5.74) is 0.546. The van der Waals surface area contributed by atoms with Gasteiger partial charge >= 0.3 is 0 Å². The zero-order chi connectivity index (χ0) is 13.3. The van der Waals surface area contributed by atoms with E-state index in [2.05, 4.69) is 0 Å². The van der Waals surface area contributed by atoms with Crippen molar-refractivity contribution in [2.24, 2.45) is 0 Å². The summed E-state index contributed by atoms with van der Waals surface area (Å²) in [5.74, 6) is 0.810. The average Bonchev–Trinajstić information content (AvgIpc) is 2.68. The van der Waals surface area contributed by atoms with Gasteiger partial charge in [0.2, 0.25) is 5.91 Å². The van der Waals surface area contributed by atoms with Crippen LogP contribution in [0.4, 0.5) is 5.69 Å². The number of β-amino-alcohol motifs (C(OH)–C–C–N with tert-alkyl or cyclic N) is 1. The van der Waals surface area contributed by atoms with Gasteiger partial charge in [-0.15, -0.1) is 0 Å². The van der Waals surface area contributed by atoms with Gasteiger partial charge in [-0.1, -0.05) is 11.6 Å². The molecule has 1 atom stereocenters. The number of rotatable bonds is 3. The van der Waals surface area contributed by atoms with Crippen LogP contribution in [0.25, 0.3) is 0 Å². The van der Waals surface area contributed by atoms with Gasteiger partial charge in [-0.05, 0) is 6.07 Å². The standard InChI is InChI=1S/C12H14ClNO4/c1-17-10-5-11(18-2)9(4-8(10)13)14-6-7(15)3-12(14)16/h4-5,7,15H,3,6H2,1-2H3. The minimum Gasteiger partial charge on any atom is -0.495 e. The smallest absolute Gasteiger partial charge is 0.229 e. The number of halogens is 1. The second kappa shape index (κ2) is 5.04. The number of anilines is 1. The molecule has 1 aromatic carbocycles. The molecule has 5 nitrogen and oxygen atoms in total. The topological polar surface area (TPSA) is 59.0 Å². The van der Waals surface area contributed by atoms with Crippen molar-refractivity contribution in [3.8, 4) is 11.5 Å². The van der Waals surface area contributed by atoms with Crippen molar-refractivity contribution in [2.45, 2.75) is 12.5 Å². The SMILES string of the molecule is COc1cc(OC)c(N2CC(O)CC2=O)cc1Cl. The third-order valence-electron chi connectivity index (χ3n) is 2.85. The molecule has 0 saturated carbocycles. The molecule has 2 rings (SSSR count). The zero-order valence-corrected chi connectivity index (χ0v) is 10.9. The molecular weight excluding hydrogens is 258 g/mol. The monoisotopic (exact) mass is 271 g/mol. The minimum atomic E-state index is -0.650. The average molecular weight is 272 g/mol. The molecule has 1 N–H and O–H groups in total. The van der Waals surface area contributed by atoms with Crippen LogP contribution >= 0.6 is 11.6 Å². The zero-order valence-electron chi connectivity index (χ0n) is 10.1. The Morgan fingerprint density at radius 3 is 2.50 bits per heavy atom. The second-order valence-electron chi connectivity index (χ2n) is 4.02. The Hall–Kier alpha value is -1.46. The van der Waals surface area contributed by atoms with Gasteiger partial charge in [0.25, 0.3) is 0 Å². The van der Waals surface area contributed by atoms with Crippen molar-refractivity contribution in [1.82, 2.24) is 0 Å². The highest BCUT2D eigenvalue weighted by molar-refractivity contribution is 6.32. The number of hydrogen-bond acceptors (Lipinski definition) is 4. The Balaban J connectivity index is 2.44. The lowest BCUT2D eigenvalue weighted by Gasteiger charge is -2.20. The number of benzene rings is 1. The fourth-order valence-corrected chi connectivity index (χ4v) is 2.21. The summed E-state index contributed by atoms with van der Waals surface area (Å²) in [6.45, 7) is 0.248. The Morgan fingerprint density at radius 1 is 1.33 bits per heavy atom. The van der Waals surface area contributed by atoms with Crippen molar-refractivity contribution in [3.05, 3.63) is 17.2 Å². The highest BCUT2D eigenvalue weighted by Crippen LogP contribution is 2.39. The number of carbonyl (C=O) groups excluding carboxylic acids is 1. The molecule has 0 radical (unpaired) electrons. The van der Waals surface area contributed by atoms with Gasteiger partial charge in [-0.25, -0.2) is 0 Å². The van der Waals surface area contributed by atoms with Gasteiger partial charge < -0.3 is 19.5 Å². The molecular formula is C12H14ClNO4. The molecule has 1 aromatic rings. The Kier molecular flexibility index (Phi) is 3.63. The molecule has 1 fully saturated rings. The van der Waals surface area contributed by atoms with Crippen LogP contribution in [0.2, 0.25) is 5.02 Å². The summed E-state index contributed by atoms with van der Waals surface area (Å²) in [7, 11) is 3.01. The number of hydrogen-bond donors (Lipinski definition) is 1. The highest BCUT2D eigenvalue weighted by Gasteiger charge is 2.31. The summed E-state index contributed by atoms with van der Waals surface area (Å²) in [6.07, 6.45) is -0.532. The van der Waals surface area contributed by atoms with Gasteiger partial charge in [0.15, 0.2) is 0 Å². The van der Waals surface area contributed by atoms with Crippen LogP contribution in [0.3, 0.4) is 0 Å². The van der Waals surface area contributed by atoms with E-state index in [4.69, 9.17) is 21.1 Å². The van der Waals surface area contributed by atoms with E-state index in [0.29, 0.717) is 22.2 Å². The summed E-state index contributed by atoms with van der Waals surface area (Å²) in [6, 6.07) is 3.23. The predicted molar refractivity (Wildman–Crippen MR) is 67.5 cm³/mol. The van der Waals surface area contributed by atoms with Crippen molar-refractivity contribution in [1.29, 1.82) is 0 Å². The lowest BCUT2D eigenvalue weighted by atomic mass is 10.2. The highest BCUT2D eigenvalue weighted by atomic mass is 35.5. The Bertz CT molecular complexity index is 477. The van der Waals surface area contributed by atoms with Crippen molar-refractivity contribution < 1.29 is 19.4 Å².